The monoisotopic (exact) mass is 168 g/mol. The van der Waals surface area contributed by atoms with E-state index in [1.165, 1.54) is 0 Å². The largest absolute Gasteiger partial charge is 0.300 e. The average molecular weight is 168 g/mol. The summed E-state index contributed by atoms with van der Waals surface area (Å²) in [7, 11) is 0. The zero-order valence-corrected chi connectivity index (χ0v) is 8.02. The predicted molar refractivity (Wildman–Crippen MR) is 46.8 cm³/mol. The minimum absolute atomic E-state index is 0.197. The molecule has 2 nitrogen and oxygen atoms in total. The van der Waals surface area contributed by atoms with Crippen LogP contribution in [0.4, 0.5) is 0 Å². The fraction of sp³-hybridized carbons (Fsp3) is 0.800. The van der Waals surface area contributed by atoms with Gasteiger partial charge in [-0.1, -0.05) is 13.8 Å². The van der Waals surface area contributed by atoms with E-state index in [0.29, 0.717) is 18.6 Å². The lowest BCUT2D eigenvalue weighted by Gasteiger charge is -2.24. The Bertz CT molecular complexity index is 216. The molecule has 68 valence electrons. The van der Waals surface area contributed by atoms with Crippen LogP contribution >= 0.6 is 0 Å². The van der Waals surface area contributed by atoms with Crippen LogP contribution in [0.1, 0.15) is 40.0 Å². The molecule has 0 N–H and O–H groups in total. The Morgan fingerprint density at radius 2 is 2.17 bits per heavy atom. The van der Waals surface area contributed by atoms with E-state index in [9.17, 15) is 9.59 Å². The van der Waals surface area contributed by atoms with Gasteiger partial charge in [-0.25, -0.2) is 0 Å². The third-order valence-electron chi connectivity index (χ3n) is 2.99. The van der Waals surface area contributed by atoms with Crippen molar-refractivity contribution in [2.45, 2.75) is 40.0 Å². The minimum Gasteiger partial charge on any atom is -0.300 e. The topological polar surface area (TPSA) is 34.1 Å². The van der Waals surface area contributed by atoms with Crippen LogP contribution in [-0.2, 0) is 9.59 Å². The first-order valence-electron chi connectivity index (χ1n) is 4.47. The molecule has 0 radical (unpaired) electrons. The Hall–Kier alpha value is -0.660. The number of carbonyl (C=O) groups excluding carboxylic acids is 2. The first kappa shape index (κ1) is 9.43. The van der Waals surface area contributed by atoms with Gasteiger partial charge < -0.3 is 4.79 Å². The van der Waals surface area contributed by atoms with Crippen molar-refractivity contribution in [2.24, 2.45) is 11.3 Å². The molecule has 1 rings (SSSR count). The molecular weight excluding hydrogens is 152 g/mol. The second-order valence-electron chi connectivity index (χ2n) is 4.29. The number of ketones is 2. The maximum atomic E-state index is 11.4. The van der Waals surface area contributed by atoms with Gasteiger partial charge in [-0.3, -0.25) is 4.79 Å². The van der Waals surface area contributed by atoms with E-state index in [1.54, 1.807) is 6.92 Å². The third-order valence-corrected chi connectivity index (χ3v) is 2.99. The molecule has 1 aliphatic carbocycles. The predicted octanol–water partition coefficient (Wildman–Crippen LogP) is 1.97. The molecule has 1 fully saturated rings. The Balaban J connectivity index is 2.68. The fourth-order valence-corrected chi connectivity index (χ4v) is 1.92. The molecule has 0 amide bonds. The first-order chi connectivity index (χ1) is 5.44. The van der Waals surface area contributed by atoms with Crippen molar-refractivity contribution in [1.29, 1.82) is 0 Å². The van der Waals surface area contributed by atoms with Crippen molar-refractivity contribution in [1.82, 2.24) is 0 Å². The molecule has 12 heavy (non-hydrogen) atoms. The summed E-state index contributed by atoms with van der Waals surface area (Å²) in [6.45, 7) is 5.50. The van der Waals surface area contributed by atoms with E-state index in [1.807, 2.05) is 13.8 Å². The average Bonchev–Trinajstić information content (AvgIpc) is 2.15. The number of Topliss-reactive ketones (excluding diaryl/α,β-unsaturated/α-hetero) is 2. The lowest BCUT2D eigenvalue weighted by molar-refractivity contribution is -0.126. The quantitative estimate of drug-likeness (QED) is 0.631. The smallest absolute Gasteiger partial charge is 0.138 e. The van der Waals surface area contributed by atoms with Crippen LogP contribution < -0.4 is 0 Å². The zero-order chi connectivity index (χ0) is 9.35. The molecule has 0 aromatic heterocycles. The summed E-state index contributed by atoms with van der Waals surface area (Å²) >= 11 is 0. The van der Waals surface area contributed by atoms with Crippen LogP contribution in [0.5, 0.6) is 0 Å². The van der Waals surface area contributed by atoms with Gasteiger partial charge in [0.25, 0.3) is 0 Å². The summed E-state index contributed by atoms with van der Waals surface area (Å²) in [5, 5.41) is 0. The molecule has 1 atom stereocenters. The maximum Gasteiger partial charge on any atom is 0.138 e. The van der Waals surface area contributed by atoms with Crippen LogP contribution in [0.25, 0.3) is 0 Å². The van der Waals surface area contributed by atoms with Gasteiger partial charge in [0.15, 0.2) is 0 Å². The second kappa shape index (κ2) is 3.00. The van der Waals surface area contributed by atoms with Gasteiger partial charge in [0, 0.05) is 18.3 Å². The van der Waals surface area contributed by atoms with Crippen molar-refractivity contribution in [3.8, 4) is 0 Å². The Morgan fingerprint density at radius 1 is 1.58 bits per heavy atom. The van der Waals surface area contributed by atoms with Gasteiger partial charge in [0.05, 0.1) is 0 Å². The summed E-state index contributed by atoms with van der Waals surface area (Å²) in [6.07, 6.45) is 2.12. The standard InChI is InChI=1S/C10H16O2/c1-7(11)6-8-4-5-9(12)10(8,2)3/h8H,4-6H2,1-3H3. The molecule has 0 aromatic rings. The Labute approximate surface area is 73.3 Å². The van der Waals surface area contributed by atoms with Crippen molar-refractivity contribution < 1.29 is 9.59 Å². The molecule has 0 spiro atoms. The SMILES string of the molecule is CC(=O)CC1CCC(=O)C1(C)C. The summed E-state index contributed by atoms with van der Waals surface area (Å²) in [6, 6.07) is 0. The second-order valence-corrected chi connectivity index (χ2v) is 4.29. The molecular formula is C10H16O2. The highest BCUT2D eigenvalue weighted by Crippen LogP contribution is 2.41. The third kappa shape index (κ3) is 1.57. The molecule has 1 aliphatic rings. The van der Waals surface area contributed by atoms with E-state index in [4.69, 9.17) is 0 Å². The van der Waals surface area contributed by atoms with E-state index < -0.39 is 0 Å². The van der Waals surface area contributed by atoms with Crippen LogP contribution in [0.3, 0.4) is 0 Å². The van der Waals surface area contributed by atoms with Crippen LogP contribution in [0, 0.1) is 11.3 Å². The van der Waals surface area contributed by atoms with Gasteiger partial charge in [0.2, 0.25) is 0 Å². The molecule has 0 saturated heterocycles. The normalized spacial score (nSPS) is 27.6. The fourth-order valence-electron chi connectivity index (χ4n) is 1.92. The number of hydrogen-bond donors (Lipinski definition) is 0. The molecule has 0 aromatic carbocycles. The summed E-state index contributed by atoms with van der Waals surface area (Å²) in [5.41, 5.74) is -0.258. The summed E-state index contributed by atoms with van der Waals surface area (Å²) in [5.74, 6) is 0.791. The van der Waals surface area contributed by atoms with Gasteiger partial charge in [-0.15, -0.1) is 0 Å². The number of rotatable bonds is 2. The lowest BCUT2D eigenvalue weighted by atomic mass is 9.79. The van der Waals surface area contributed by atoms with E-state index in [2.05, 4.69) is 0 Å². The highest BCUT2D eigenvalue weighted by atomic mass is 16.1. The Kier molecular flexibility index (Phi) is 2.36. The molecule has 0 heterocycles. The van der Waals surface area contributed by atoms with E-state index in [0.717, 1.165) is 6.42 Å². The van der Waals surface area contributed by atoms with Crippen LogP contribution in [0.2, 0.25) is 0 Å². The van der Waals surface area contributed by atoms with E-state index in [-0.39, 0.29) is 17.1 Å². The minimum atomic E-state index is -0.258. The molecule has 1 unspecified atom stereocenters. The molecule has 0 bridgehead atoms. The molecule has 0 aliphatic heterocycles. The highest BCUT2D eigenvalue weighted by molar-refractivity contribution is 5.87. The lowest BCUT2D eigenvalue weighted by Crippen LogP contribution is -2.26. The van der Waals surface area contributed by atoms with Crippen LogP contribution in [0.15, 0.2) is 0 Å². The summed E-state index contributed by atoms with van der Waals surface area (Å²) < 4.78 is 0. The highest BCUT2D eigenvalue weighted by Gasteiger charge is 2.41. The number of hydrogen-bond acceptors (Lipinski definition) is 2. The van der Waals surface area contributed by atoms with Crippen molar-refractivity contribution in [2.75, 3.05) is 0 Å². The van der Waals surface area contributed by atoms with Crippen LogP contribution in [-0.4, -0.2) is 11.6 Å². The van der Waals surface area contributed by atoms with Crippen molar-refractivity contribution in [3.05, 3.63) is 0 Å². The van der Waals surface area contributed by atoms with Gasteiger partial charge >= 0.3 is 0 Å². The maximum absolute atomic E-state index is 11.4. The van der Waals surface area contributed by atoms with Gasteiger partial charge in [-0.05, 0) is 19.3 Å². The van der Waals surface area contributed by atoms with Gasteiger partial charge in [0.1, 0.15) is 11.6 Å². The molecule has 2 heteroatoms. The van der Waals surface area contributed by atoms with Crippen molar-refractivity contribution in [3.63, 3.8) is 0 Å². The summed E-state index contributed by atoms with van der Waals surface area (Å²) in [4.78, 5) is 22.3. The molecule has 1 saturated carbocycles. The zero-order valence-electron chi connectivity index (χ0n) is 8.02. The van der Waals surface area contributed by atoms with E-state index >= 15 is 0 Å². The Morgan fingerprint density at radius 3 is 2.50 bits per heavy atom. The number of carbonyl (C=O) groups is 2. The van der Waals surface area contributed by atoms with Gasteiger partial charge in [-0.2, -0.15) is 0 Å². The first-order valence-corrected chi connectivity index (χ1v) is 4.47. The van der Waals surface area contributed by atoms with Crippen molar-refractivity contribution >= 4 is 11.6 Å².